The Morgan fingerprint density at radius 1 is 1.33 bits per heavy atom. The molecule has 1 aromatic heterocycles. The lowest BCUT2D eigenvalue weighted by Crippen LogP contribution is -2.44. The van der Waals surface area contributed by atoms with Crippen molar-refractivity contribution in [1.29, 1.82) is 0 Å². The van der Waals surface area contributed by atoms with E-state index >= 15 is 0 Å². The Labute approximate surface area is 107 Å². The normalized spacial score (nSPS) is 19.8. The smallest absolute Gasteiger partial charge is 0.232 e. The highest BCUT2D eigenvalue weighted by molar-refractivity contribution is 5.45. The molecule has 1 aliphatic heterocycles. The third-order valence-corrected chi connectivity index (χ3v) is 2.86. The van der Waals surface area contributed by atoms with E-state index in [1.165, 1.54) is 0 Å². The number of nitrogens with zero attached hydrogens (tertiary/aromatic N) is 5. The lowest BCUT2D eigenvalue weighted by molar-refractivity contribution is 0.0981. The highest BCUT2D eigenvalue weighted by atomic mass is 16.5. The summed E-state index contributed by atoms with van der Waals surface area (Å²) in [4.78, 5) is 17.2. The van der Waals surface area contributed by atoms with E-state index in [0.717, 1.165) is 6.54 Å². The van der Waals surface area contributed by atoms with Crippen LogP contribution in [0.25, 0.3) is 0 Å². The van der Waals surface area contributed by atoms with Gasteiger partial charge in [0.15, 0.2) is 0 Å². The van der Waals surface area contributed by atoms with Gasteiger partial charge in [0, 0.05) is 27.7 Å². The van der Waals surface area contributed by atoms with E-state index in [1.807, 2.05) is 19.0 Å². The number of nitrogens with one attached hydrogen (secondary N) is 1. The Morgan fingerprint density at radius 3 is 2.72 bits per heavy atom. The maximum absolute atomic E-state index is 5.43. The summed E-state index contributed by atoms with van der Waals surface area (Å²) in [6, 6.07) is 0.279. The van der Waals surface area contributed by atoms with Gasteiger partial charge in [-0.15, -0.1) is 0 Å². The first-order chi connectivity index (χ1) is 8.61. The Bertz CT molecular complexity index is 411. The summed E-state index contributed by atoms with van der Waals surface area (Å²) in [5.74, 6) is 1.94. The van der Waals surface area contributed by atoms with E-state index in [-0.39, 0.29) is 6.04 Å². The average Bonchev–Trinajstić information content (AvgIpc) is 2.38. The molecule has 18 heavy (non-hydrogen) atoms. The second kappa shape index (κ2) is 5.34. The first-order valence-electron chi connectivity index (χ1n) is 6.07. The Hall–Kier alpha value is -1.63. The first-order valence-corrected chi connectivity index (χ1v) is 6.07. The van der Waals surface area contributed by atoms with Crippen molar-refractivity contribution in [2.45, 2.75) is 13.0 Å². The molecule has 0 amide bonds. The number of anilines is 3. The molecule has 1 N–H and O–H groups in total. The van der Waals surface area contributed by atoms with E-state index < -0.39 is 0 Å². The fraction of sp³-hybridized carbons (Fsp3) is 0.727. The minimum absolute atomic E-state index is 0.279. The molecule has 7 heteroatoms. The van der Waals surface area contributed by atoms with Gasteiger partial charge >= 0.3 is 0 Å². The summed E-state index contributed by atoms with van der Waals surface area (Å²) < 4.78 is 5.43. The van der Waals surface area contributed by atoms with E-state index in [9.17, 15) is 0 Å². The molecule has 100 valence electrons. The molecule has 2 heterocycles. The van der Waals surface area contributed by atoms with Crippen LogP contribution in [-0.2, 0) is 4.74 Å². The molecule has 1 atom stereocenters. The number of morpholine rings is 1. The molecule has 1 unspecified atom stereocenters. The van der Waals surface area contributed by atoms with Crippen molar-refractivity contribution < 1.29 is 4.74 Å². The summed E-state index contributed by atoms with van der Waals surface area (Å²) in [6.07, 6.45) is 0. The van der Waals surface area contributed by atoms with Gasteiger partial charge in [0.25, 0.3) is 0 Å². The minimum Gasteiger partial charge on any atom is -0.377 e. The molecule has 0 spiro atoms. The van der Waals surface area contributed by atoms with Gasteiger partial charge in [0.05, 0.1) is 19.3 Å². The largest absolute Gasteiger partial charge is 0.377 e. The molecule has 0 aromatic carbocycles. The fourth-order valence-corrected chi connectivity index (χ4v) is 1.82. The van der Waals surface area contributed by atoms with Crippen molar-refractivity contribution >= 4 is 17.8 Å². The van der Waals surface area contributed by atoms with Crippen LogP contribution in [0.2, 0.25) is 0 Å². The molecular weight excluding hydrogens is 232 g/mol. The third-order valence-electron chi connectivity index (χ3n) is 2.86. The SMILES string of the molecule is CNc1nc(N(C)C)nc(N2CCOCC2C)n1. The number of aromatic nitrogens is 3. The van der Waals surface area contributed by atoms with Crippen LogP contribution < -0.4 is 15.1 Å². The van der Waals surface area contributed by atoms with Gasteiger partial charge in [-0.1, -0.05) is 0 Å². The molecule has 1 aliphatic rings. The molecule has 2 rings (SSSR count). The van der Waals surface area contributed by atoms with Gasteiger partial charge in [-0.05, 0) is 6.92 Å². The van der Waals surface area contributed by atoms with Crippen LogP contribution >= 0.6 is 0 Å². The fourth-order valence-electron chi connectivity index (χ4n) is 1.82. The Balaban J connectivity index is 2.33. The zero-order chi connectivity index (χ0) is 13.1. The number of hydrogen-bond donors (Lipinski definition) is 1. The van der Waals surface area contributed by atoms with Crippen LogP contribution in [0.1, 0.15) is 6.92 Å². The highest BCUT2D eigenvalue weighted by Crippen LogP contribution is 2.18. The summed E-state index contributed by atoms with van der Waals surface area (Å²) in [5.41, 5.74) is 0. The molecule has 0 radical (unpaired) electrons. The van der Waals surface area contributed by atoms with Gasteiger partial charge < -0.3 is 19.9 Å². The molecule has 0 saturated carbocycles. The number of hydrogen-bond acceptors (Lipinski definition) is 7. The van der Waals surface area contributed by atoms with Gasteiger partial charge in [0.2, 0.25) is 17.8 Å². The molecule has 7 nitrogen and oxygen atoms in total. The van der Waals surface area contributed by atoms with Crippen LogP contribution in [-0.4, -0.2) is 61.9 Å². The monoisotopic (exact) mass is 252 g/mol. The molecule has 1 saturated heterocycles. The zero-order valence-corrected chi connectivity index (χ0v) is 11.3. The maximum Gasteiger partial charge on any atom is 0.232 e. The van der Waals surface area contributed by atoms with Crippen molar-refractivity contribution in [2.24, 2.45) is 0 Å². The summed E-state index contributed by atoms with van der Waals surface area (Å²) in [6.45, 7) is 4.33. The topological polar surface area (TPSA) is 66.4 Å². The van der Waals surface area contributed by atoms with Crippen LogP contribution in [0.3, 0.4) is 0 Å². The predicted octanol–water partition coefficient (Wildman–Crippen LogP) is 0.204. The molecule has 1 aromatic rings. The lowest BCUT2D eigenvalue weighted by atomic mass is 10.3. The van der Waals surface area contributed by atoms with Crippen molar-refractivity contribution in [3.8, 4) is 0 Å². The predicted molar refractivity (Wildman–Crippen MR) is 71.3 cm³/mol. The quantitative estimate of drug-likeness (QED) is 0.824. The highest BCUT2D eigenvalue weighted by Gasteiger charge is 2.22. The van der Waals surface area contributed by atoms with Crippen molar-refractivity contribution in [3.63, 3.8) is 0 Å². The second-order valence-corrected chi connectivity index (χ2v) is 4.52. The summed E-state index contributed by atoms with van der Waals surface area (Å²) in [5, 5.41) is 2.97. The van der Waals surface area contributed by atoms with Crippen molar-refractivity contribution in [2.75, 3.05) is 56.0 Å². The molecular formula is C11H20N6O. The molecule has 1 fully saturated rings. The average molecular weight is 252 g/mol. The van der Waals surface area contributed by atoms with Gasteiger partial charge in [-0.25, -0.2) is 0 Å². The molecule has 0 aliphatic carbocycles. The van der Waals surface area contributed by atoms with Crippen molar-refractivity contribution in [1.82, 2.24) is 15.0 Å². The van der Waals surface area contributed by atoms with Gasteiger partial charge in [-0.3, -0.25) is 0 Å². The van der Waals surface area contributed by atoms with E-state index in [0.29, 0.717) is 31.1 Å². The van der Waals surface area contributed by atoms with Gasteiger partial charge in [0.1, 0.15) is 0 Å². The van der Waals surface area contributed by atoms with Crippen LogP contribution in [0.15, 0.2) is 0 Å². The standard InChI is InChI=1S/C11H20N6O/c1-8-7-18-6-5-17(8)11-14-9(12-2)13-10(15-11)16(3)4/h8H,5-7H2,1-4H3,(H,12,13,14,15). The Kier molecular flexibility index (Phi) is 3.81. The minimum atomic E-state index is 0.279. The van der Waals surface area contributed by atoms with E-state index in [4.69, 9.17) is 4.74 Å². The third kappa shape index (κ3) is 2.61. The first kappa shape index (κ1) is 12.8. The lowest BCUT2D eigenvalue weighted by Gasteiger charge is -2.33. The van der Waals surface area contributed by atoms with E-state index in [1.54, 1.807) is 7.05 Å². The van der Waals surface area contributed by atoms with Gasteiger partial charge in [-0.2, -0.15) is 15.0 Å². The zero-order valence-electron chi connectivity index (χ0n) is 11.3. The Morgan fingerprint density at radius 2 is 2.11 bits per heavy atom. The molecule has 0 bridgehead atoms. The van der Waals surface area contributed by atoms with Crippen LogP contribution in [0.4, 0.5) is 17.8 Å². The van der Waals surface area contributed by atoms with Crippen LogP contribution in [0.5, 0.6) is 0 Å². The number of rotatable bonds is 3. The maximum atomic E-state index is 5.43. The van der Waals surface area contributed by atoms with E-state index in [2.05, 4.69) is 32.1 Å². The second-order valence-electron chi connectivity index (χ2n) is 4.52. The summed E-state index contributed by atoms with van der Waals surface area (Å²) >= 11 is 0. The van der Waals surface area contributed by atoms with Crippen LogP contribution in [0, 0.1) is 0 Å². The number of ether oxygens (including phenoxy) is 1. The summed E-state index contributed by atoms with van der Waals surface area (Å²) in [7, 11) is 5.64. The van der Waals surface area contributed by atoms with Crippen molar-refractivity contribution in [3.05, 3.63) is 0 Å².